The Bertz CT molecular complexity index is 914. The minimum Gasteiger partial charge on any atom is -0.323 e. The fourth-order valence-electron chi connectivity index (χ4n) is 2.29. The number of aromatic nitrogens is 1. The van der Waals surface area contributed by atoms with Crippen LogP contribution in [0.1, 0.15) is 16.3 Å². The Morgan fingerprint density at radius 3 is 2.84 bits per heavy atom. The first-order chi connectivity index (χ1) is 12.0. The molecule has 128 valence electrons. The molecule has 3 nitrogen and oxygen atoms in total. The Balaban J connectivity index is 1.62. The molecule has 25 heavy (non-hydrogen) atoms. The predicted octanol–water partition coefficient (Wildman–Crippen LogP) is 4.85. The van der Waals surface area contributed by atoms with Gasteiger partial charge in [0.2, 0.25) is 5.91 Å². The van der Waals surface area contributed by atoms with Crippen molar-refractivity contribution in [3.63, 3.8) is 0 Å². The maximum Gasteiger partial charge on any atom is 0.230 e. The minimum atomic E-state index is -0.685. The molecule has 0 fully saturated rings. The van der Waals surface area contributed by atoms with E-state index in [4.69, 9.17) is 11.6 Å². The number of rotatable bonds is 5. The highest BCUT2D eigenvalue weighted by Crippen LogP contribution is 2.19. The molecule has 1 aromatic heterocycles. The maximum atomic E-state index is 13.5. The summed E-state index contributed by atoms with van der Waals surface area (Å²) in [6.07, 6.45) is 0.605. The molecule has 0 unspecified atom stereocenters. The molecule has 3 rings (SSSR count). The summed E-state index contributed by atoms with van der Waals surface area (Å²) in [6.45, 7) is 0. The van der Waals surface area contributed by atoms with Crippen LogP contribution in [0.15, 0.2) is 47.8 Å². The van der Waals surface area contributed by atoms with Gasteiger partial charge in [0.25, 0.3) is 0 Å². The van der Waals surface area contributed by atoms with Gasteiger partial charge in [0.05, 0.1) is 22.8 Å². The molecule has 3 aromatic rings. The van der Waals surface area contributed by atoms with Crippen LogP contribution in [0.4, 0.5) is 14.5 Å². The largest absolute Gasteiger partial charge is 0.323 e. The Labute approximate surface area is 152 Å². The lowest BCUT2D eigenvalue weighted by Crippen LogP contribution is -2.15. The second kappa shape index (κ2) is 7.72. The first-order valence-electron chi connectivity index (χ1n) is 7.42. The second-order valence-electron chi connectivity index (χ2n) is 5.39. The van der Waals surface area contributed by atoms with Crippen LogP contribution in [-0.2, 0) is 17.6 Å². The molecule has 1 heterocycles. The summed E-state index contributed by atoms with van der Waals surface area (Å²) in [5.41, 5.74) is 1.43. The van der Waals surface area contributed by atoms with E-state index in [1.807, 2.05) is 18.2 Å². The molecule has 0 atom stereocenters. The van der Waals surface area contributed by atoms with E-state index in [1.54, 1.807) is 11.4 Å². The highest BCUT2D eigenvalue weighted by Gasteiger charge is 2.11. The molecule has 0 aliphatic rings. The molecule has 0 aliphatic heterocycles. The fourth-order valence-corrected chi connectivity index (χ4v) is 3.33. The zero-order valence-corrected chi connectivity index (χ0v) is 14.5. The lowest BCUT2D eigenvalue weighted by atomic mass is 10.2. The van der Waals surface area contributed by atoms with Crippen molar-refractivity contribution in [1.29, 1.82) is 0 Å². The number of hydrogen-bond acceptors (Lipinski definition) is 3. The summed E-state index contributed by atoms with van der Waals surface area (Å²) < 4.78 is 26.7. The van der Waals surface area contributed by atoms with E-state index in [0.717, 1.165) is 28.8 Å². The van der Waals surface area contributed by atoms with Crippen molar-refractivity contribution in [2.24, 2.45) is 0 Å². The summed E-state index contributed by atoms with van der Waals surface area (Å²) in [6, 6.07) is 10.4. The van der Waals surface area contributed by atoms with Crippen molar-refractivity contribution in [3.8, 4) is 0 Å². The Morgan fingerprint density at radius 1 is 1.20 bits per heavy atom. The number of nitrogens with zero attached hydrogens (tertiary/aromatic N) is 1. The molecule has 0 aliphatic carbocycles. The van der Waals surface area contributed by atoms with E-state index >= 15 is 0 Å². The van der Waals surface area contributed by atoms with Gasteiger partial charge < -0.3 is 5.32 Å². The van der Waals surface area contributed by atoms with Crippen molar-refractivity contribution >= 4 is 34.5 Å². The SMILES string of the molecule is O=C(Cc1csc(Cc2cccc(Cl)c2)n1)Nc1cc(F)ccc1F. The number of anilines is 1. The summed E-state index contributed by atoms with van der Waals surface area (Å²) in [7, 11) is 0. The summed E-state index contributed by atoms with van der Waals surface area (Å²) >= 11 is 7.39. The minimum absolute atomic E-state index is 0.0119. The highest BCUT2D eigenvalue weighted by atomic mass is 35.5. The van der Waals surface area contributed by atoms with E-state index < -0.39 is 17.5 Å². The van der Waals surface area contributed by atoms with Gasteiger partial charge in [-0.3, -0.25) is 4.79 Å². The first-order valence-corrected chi connectivity index (χ1v) is 8.68. The molecule has 2 aromatic carbocycles. The fraction of sp³-hybridized carbons (Fsp3) is 0.111. The molecule has 0 radical (unpaired) electrons. The average Bonchev–Trinajstić information content (AvgIpc) is 2.97. The highest BCUT2D eigenvalue weighted by molar-refractivity contribution is 7.09. The lowest BCUT2D eigenvalue weighted by Gasteiger charge is -2.05. The molecule has 1 N–H and O–H groups in total. The number of halogens is 3. The van der Waals surface area contributed by atoms with Crippen LogP contribution in [0.25, 0.3) is 0 Å². The Kier molecular flexibility index (Phi) is 5.40. The van der Waals surface area contributed by atoms with Gasteiger partial charge in [-0.15, -0.1) is 11.3 Å². The lowest BCUT2D eigenvalue weighted by molar-refractivity contribution is -0.115. The average molecular weight is 379 g/mol. The number of hydrogen-bond donors (Lipinski definition) is 1. The van der Waals surface area contributed by atoms with E-state index in [2.05, 4.69) is 10.3 Å². The normalized spacial score (nSPS) is 10.7. The van der Waals surface area contributed by atoms with Crippen LogP contribution in [0.3, 0.4) is 0 Å². The van der Waals surface area contributed by atoms with Gasteiger partial charge in [-0.2, -0.15) is 0 Å². The van der Waals surface area contributed by atoms with E-state index in [-0.39, 0.29) is 12.1 Å². The van der Waals surface area contributed by atoms with E-state index in [9.17, 15) is 13.6 Å². The van der Waals surface area contributed by atoms with Crippen LogP contribution >= 0.6 is 22.9 Å². The molecular weight excluding hydrogens is 366 g/mol. The summed E-state index contributed by atoms with van der Waals surface area (Å²) in [5.74, 6) is -1.76. The monoisotopic (exact) mass is 378 g/mol. The van der Waals surface area contributed by atoms with Crippen molar-refractivity contribution in [1.82, 2.24) is 4.98 Å². The Morgan fingerprint density at radius 2 is 2.04 bits per heavy atom. The second-order valence-corrected chi connectivity index (χ2v) is 6.77. The van der Waals surface area contributed by atoms with Crippen molar-refractivity contribution in [3.05, 3.63) is 80.8 Å². The smallest absolute Gasteiger partial charge is 0.230 e. The van der Waals surface area contributed by atoms with Crippen LogP contribution in [0.2, 0.25) is 5.02 Å². The third-order valence-electron chi connectivity index (χ3n) is 3.39. The molecule has 7 heteroatoms. The van der Waals surface area contributed by atoms with Crippen LogP contribution < -0.4 is 5.32 Å². The van der Waals surface area contributed by atoms with Gasteiger partial charge in [0, 0.05) is 22.9 Å². The maximum absolute atomic E-state index is 13.5. The van der Waals surface area contributed by atoms with Crippen LogP contribution in [0.5, 0.6) is 0 Å². The summed E-state index contributed by atoms with van der Waals surface area (Å²) in [4.78, 5) is 16.4. The van der Waals surface area contributed by atoms with Gasteiger partial charge in [0.15, 0.2) is 0 Å². The van der Waals surface area contributed by atoms with Crippen molar-refractivity contribution in [2.75, 3.05) is 5.32 Å². The molecule has 0 saturated carbocycles. The van der Waals surface area contributed by atoms with Crippen molar-refractivity contribution in [2.45, 2.75) is 12.8 Å². The molecule has 0 saturated heterocycles. The third-order valence-corrected chi connectivity index (χ3v) is 4.52. The summed E-state index contributed by atoms with van der Waals surface area (Å²) in [5, 5.41) is 5.65. The predicted molar refractivity (Wildman–Crippen MR) is 95.1 cm³/mol. The number of carbonyl (C=O) groups excluding carboxylic acids is 1. The molecule has 1 amide bonds. The molecular formula is C18H13ClF2N2OS. The molecule has 0 spiro atoms. The van der Waals surface area contributed by atoms with Crippen molar-refractivity contribution < 1.29 is 13.6 Å². The van der Waals surface area contributed by atoms with Gasteiger partial charge in [0.1, 0.15) is 11.6 Å². The first kappa shape index (κ1) is 17.5. The standard InChI is InChI=1S/C18H13ClF2N2OS/c19-12-3-1-2-11(6-12)7-18-22-14(10-25-18)9-17(24)23-16-8-13(20)4-5-15(16)21/h1-6,8,10H,7,9H2,(H,23,24). The zero-order valence-electron chi connectivity index (χ0n) is 12.9. The van der Waals surface area contributed by atoms with Crippen LogP contribution in [-0.4, -0.2) is 10.9 Å². The number of amides is 1. The topological polar surface area (TPSA) is 42.0 Å². The Hall–Kier alpha value is -2.31. The zero-order chi connectivity index (χ0) is 17.8. The van der Waals surface area contributed by atoms with Gasteiger partial charge >= 0.3 is 0 Å². The van der Waals surface area contributed by atoms with Gasteiger partial charge in [-0.05, 0) is 29.8 Å². The van der Waals surface area contributed by atoms with E-state index in [1.165, 1.54) is 11.3 Å². The van der Waals surface area contributed by atoms with Gasteiger partial charge in [-0.25, -0.2) is 13.8 Å². The number of benzene rings is 2. The molecule has 0 bridgehead atoms. The number of carbonyl (C=O) groups is 1. The third kappa shape index (κ3) is 4.84. The number of thiazole rings is 1. The number of nitrogens with one attached hydrogen (secondary N) is 1. The van der Waals surface area contributed by atoms with Gasteiger partial charge in [-0.1, -0.05) is 23.7 Å². The van der Waals surface area contributed by atoms with E-state index in [0.29, 0.717) is 17.1 Å². The quantitative estimate of drug-likeness (QED) is 0.689. The van der Waals surface area contributed by atoms with Crippen LogP contribution in [0, 0.1) is 11.6 Å².